The molecule has 0 saturated heterocycles. The van der Waals surface area contributed by atoms with Crippen molar-refractivity contribution in [2.45, 2.75) is 49.8 Å². The Bertz CT molecular complexity index is 287. The fourth-order valence-corrected chi connectivity index (χ4v) is 3.17. The number of carbonyl (C=O) groups is 2. The van der Waals surface area contributed by atoms with Gasteiger partial charge in [-0.25, -0.2) is 4.79 Å². The molecule has 0 spiro atoms. The van der Waals surface area contributed by atoms with E-state index in [4.69, 9.17) is 11.6 Å². The molecule has 0 aliphatic heterocycles. The van der Waals surface area contributed by atoms with E-state index < -0.39 is 17.3 Å². The summed E-state index contributed by atoms with van der Waals surface area (Å²) in [4.78, 5) is 22.8. The highest BCUT2D eigenvalue weighted by molar-refractivity contribution is 7.99. The van der Waals surface area contributed by atoms with Gasteiger partial charge in [-0.15, -0.1) is 11.6 Å². The van der Waals surface area contributed by atoms with E-state index in [0.29, 0.717) is 5.25 Å². The molecule has 1 fully saturated rings. The molecule has 0 heterocycles. The van der Waals surface area contributed by atoms with E-state index in [1.54, 1.807) is 0 Å². The first-order chi connectivity index (χ1) is 8.04. The van der Waals surface area contributed by atoms with Gasteiger partial charge in [0.1, 0.15) is 5.38 Å². The number of carbonyl (C=O) groups excluding carboxylic acids is 2. The van der Waals surface area contributed by atoms with Crippen molar-refractivity contribution in [2.75, 3.05) is 5.75 Å². The molecule has 3 atom stereocenters. The van der Waals surface area contributed by atoms with Crippen molar-refractivity contribution in [1.29, 1.82) is 0 Å². The van der Waals surface area contributed by atoms with E-state index in [9.17, 15) is 9.59 Å². The van der Waals surface area contributed by atoms with Gasteiger partial charge in [-0.3, -0.25) is 10.1 Å². The number of alkyl halides is 1. The van der Waals surface area contributed by atoms with Crippen molar-refractivity contribution in [2.24, 2.45) is 0 Å². The molecule has 4 nitrogen and oxygen atoms in total. The topological polar surface area (TPSA) is 58.2 Å². The Kier molecular flexibility index (Phi) is 6.12. The smallest absolute Gasteiger partial charge is 0.321 e. The lowest BCUT2D eigenvalue weighted by molar-refractivity contribution is -0.119. The standard InChI is InChI=1S/C11H19ClN2O2S/c1-3-17-9-6-4-5-8(9)13-11(16)14-10(15)7(2)12/h7-9H,3-6H2,1-2H3,(H2,13,14,15,16). The van der Waals surface area contributed by atoms with Crippen LogP contribution in [0.5, 0.6) is 0 Å². The number of imide groups is 1. The fourth-order valence-electron chi connectivity index (χ4n) is 1.92. The van der Waals surface area contributed by atoms with Crippen molar-refractivity contribution in [3.05, 3.63) is 0 Å². The number of nitrogens with one attached hydrogen (secondary N) is 2. The van der Waals surface area contributed by atoms with E-state index in [2.05, 4.69) is 17.6 Å². The predicted octanol–water partition coefficient (Wildman–Crippen LogP) is 2.11. The molecule has 1 aliphatic carbocycles. The first-order valence-electron chi connectivity index (χ1n) is 5.91. The number of urea groups is 1. The van der Waals surface area contributed by atoms with Crippen molar-refractivity contribution in [3.63, 3.8) is 0 Å². The Hall–Kier alpha value is -0.420. The molecule has 0 aromatic heterocycles. The highest BCUT2D eigenvalue weighted by Gasteiger charge is 2.28. The number of halogens is 1. The van der Waals surface area contributed by atoms with E-state index in [1.807, 2.05) is 11.8 Å². The molecular formula is C11H19ClN2O2S. The number of rotatable bonds is 4. The molecular weight excluding hydrogens is 260 g/mol. The first kappa shape index (κ1) is 14.6. The van der Waals surface area contributed by atoms with Gasteiger partial charge in [-0.05, 0) is 25.5 Å². The summed E-state index contributed by atoms with van der Waals surface area (Å²) in [6.45, 7) is 3.65. The lowest BCUT2D eigenvalue weighted by atomic mass is 10.2. The third-order valence-corrected chi connectivity index (χ3v) is 4.27. The molecule has 98 valence electrons. The molecule has 1 rings (SSSR count). The zero-order chi connectivity index (χ0) is 12.8. The highest BCUT2D eigenvalue weighted by Crippen LogP contribution is 2.29. The van der Waals surface area contributed by atoms with Gasteiger partial charge in [0, 0.05) is 11.3 Å². The molecule has 0 bridgehead atoms. The molecule has 0 aromatic rings. The molecule has 1 aliphatic rings. The Balaban J connectivity index is 2.37. The number of thioether (sulfide) groups is 1. The van der Waals surface area contributed by atoms with E-state index >= 15 is 0 Å². The molecule has 0 radical (unpaired) electrons. The summed E-state index contributed by atoms with van der Waals surface area (Å²) in [6.07, 6.45) is 3.24. The Labute approximate surface area is 111 Å². The molecule has 6 heteroatoms. The maximum Gasteiger partial charge on any atom is 0.321 e. The minimum Gasteiger partial charge on any atom is -0.334 e. The molecule has 17 heavy (non-hydrogen) atoms. The van der Waals surface area contributed by atoms with Crippen LogP contribution in [0.2, 0.25) is 0 Å². The molecule has 3 unspecified atom stereocenters. The summed E-state index contributed by atoms with van der Waals surface area (Å²) in [5.41, 5.74) is 0. The van der Waals surface area contributed by atoms with Crippen LogP contribution in [0, 0.1) is 0 Å². The minimum absolute atomic E-state index is 0.165. The van der Waals surface area contributed by atoms with Crippen LogP contribution in [-0.4, -0.2) is 34.4 Å². The SMILES string of the molecule is CCSC1CCCC1NC(=O)NC(=O)C(C)Cl. The normalized spacial score (nSPS) is 25.4. The summed E-state index contributed by atoms with van der Waals surface area (Å²) in [5.74, 6) is 0.587. The summed E-state index contributed by atoms with van der Waals surface area (Å²) < 4.78 is 0. The lowest BCUT2D eigenvalue weighted by Gasteiger charge is -2.20. The largest absolute Gasteiger partial charge is 0.334 e. The average molecular weight is 279 g/mol. The van der Waals surface area contributed by atoms with Crippen LogP contribution < -0.4 is 10.6 Å². The Morgan fingerprint density at radius 3 is 2.76 bits per heavy atom. The monoisotopic (exact) mass is 278 g/mol. The summed E-state index contributed by atoms with van der Waals surface area (Å²) in [5, 5.41) is 4.87. The van der Waals surface area contributed by atoms with Crippen molar-refractivity contribution in [1.82, 2.24) is 10.6 Å². The van der Waals surface area contributed by atoms with E-state index in [1.165, 1.54) is 6.92 Å². The summed E-state index contributed by atoms with van der Waals surface area (Å²) in [6, 6.07) is -0.269. The van der Waals surface area contributed by atoms with Gasteiger partial charge < -0.3 is 5.32 Å². The maximum absolute atomic E-state index is 11.6. The van der Waals surface area contributed by atoms with Crippen LogP contribution in [-0.2, 0) is 4.79 Å². The Morgan fingerprint density at radius 1 is 1.47 bits per heavy atom. The zero-order valence-corrected chi connectivity index (χ0v) is 11.7. The van der Waals surface area contributed by atoms with Crippen molar-refractivity contribution >= 4 is 35.3 Å². The molecule has 2 N–H and O–H groups in total. The van der Waals surface area contributed by atoms with Gasteiger partial charge in [0.25, 0.3) is 0 Å². The molecule has 0 aromatic carbocycles. The minimum atomic E-state index is -0.690. The van der Waals surface area contributed by atoms with Crippen LogP contribution in [0.25, 0.3) is 0 Å². The van der Waals surface area contributed by atoms with Crippen LogP contribution in [0.4, 0.5) is 4.79 Å². The predicted molar refractivity (Wildman–Crippen MR) is 71.5 cm³/mol. The molecule has 1 saturated carbocycles. The van der Waals surface area contributed by atoms with E-state index in [0.717, 1.165) is 25.0 Å². The third kappa shape index (κ3) is 4.76. The lowest BCUT2D eigenvalue weighted by Crippen LogP contribution is -2.48. The van der Waals surface area contributed by atoms with Gasteiger partial charge in [-0.2, -0.15) is 11.8 Å². The maximum atomic E-state index is 11.6. The van der Waals surface area contributed by atoms with E-state index in [-0.39, 0.29) is 6.04 Å². The van der Waals surface area contributed by atoms with Crippen molar-refractivity contribution in [3.8, 4) is 0 Å². The van der Waals surface area contributed by atoms with Crippen LogP contribution in [0.15, 0.2) is 0 Å². The Morgan fingerprint density at radius 2 is 2.18 bits per heavy atom. The second kappa shape index (κ2) is 7.11. The van der Waals surface area contributed by atoms with Crippen LogP contribution in [0.3, 0.4) is 0 Å². The van der Waals surface area contributed by atoms with Gasteiger partial charge in [0.05, 0.1) is 0 Å². The first-order valence-corrected chi connectivity index (χ1v) is 7.40. The number of hydrogen-bond donors (Lipinski definition) is 2. The fraction of sp³-hybridized carbons (Fsp3) is 0.818. The third-order valence-electron chi connectivity index (χ3n) is 2.75. The zero-order valence-electron chi connectivity index (χ0n) is 10.2. The quantitative estimate of drug-likeness (QED) is 0.775. The second-order valence-corrected chi connectivity index (χ2v) is 6.28. The van der Waals surface area contributed by atoms with Gasteiger partial charge >= 0.3 is 6.03 Å². The number of hydrogen-bond acceptors (Lipinski definition) is 3. The van der Waals surface area contributed by atoms with Gasteiger partial charge in [-0.1, -0.05) is 13.3 Å². The second-order valence-electron chi connectivity index (χ2n) is 4.11. The van der Waals surface area contributed by atoms with Gasteiger partial charge in [0.15, 0.2) is 0 Å². The highest BCUT2D eigenvalue weighted by atomic mass is 35.5. The average Bonchev–Trinajstić information content (AvgIpc) is 2.66. The van der Waals surface area contributed by atoms with Crippen LogP contribution >= 0.6 is 23.4 Å². The summed E-state index contributed by atoms with van der Waals surface area (Å²) in [7, 11) is 0. The van der Waals surface area contributed by atoms with Crippen LogP contribution in [0.1, 0.15) is 33.1 Å². The molecule has 3 amide bonds. The summed E-state index contributed by atoms with van der Waals surface area (Å²) >= 11 is 7.43. The van der Waals surface area contributed by atoms with Crippen molar-refractivity contribution < 1.29 is 9.59 Å². The van der Waals surface area contributed by atoms with Gasteiger partial charge in [0.2, 0.25) is 5.91 Å². The number of amides is 3.